The summed E-state index contributed by atoms with van der Waals surface area (Å²) in [5.74, 6) is 0.568. The minimum absolute atomic E-state index is 0.105. The van der Waals surface area contributed by atoms with Gasteiger partial charge in [-0.2, -0.15) is 0 Å². The van der Waals surface area contributed by atoms with Crippen molar-refractivity contribution in [2.75, 3.05) is 32.7 Å². The topological polar surface area (TPSA) is 129 Å². The second kappa shape index (κ2) is 11.5. The first-order chi connectivity index (χ1) is 20.1. The van der Waals surface area contributed by atoms with Crippen LogP contribution in [0.5, 0.6) is 5.75 Å². The number of benzene rings is 2. The van der Waals surface area contributed by atoms with Crippen LogP contribution in [0, 0.1) is 10.1 Å². The SMILES string of the molecule is CCOC(=O)C1=C(C)N=c2s/c(=C\c3ccc(-c4ccc([N+](=O)[O-])cc4OC)o3)c(=O)n2[C@H]1c1ccc(N(C)C)cc1. The zero-order valence-corrected chi connectivity index (χ0v) is 24.4. The lowest BCUT2D eigenvalue weighted by Crippen LogP contribution is -2.39. The summed E-state index contributed by atoms with van der Waals surface area (Å²) in [6, 6.07) is 14.6. The number of nitro benzene ring substituents is 1. The number of carbonyl (C=O) groups excluding carboxylic acids is 1. The highest BCUT2D eigenvalue weighted by atomic mass is 32.1. The molecule has 0 saturated heterocycles. The number of hydrogen-bond donors (Lipinski definition) is 0. The number of hydrogen-bond acceptors (Lipinski definition) is 10. The Balaban J connectivity index is 1.61. The van der Waals surface area contributed by atoms with Gasteiger partial charge in [-0.15, -0.1) is 0 Å². The molecule has 0 amide bonds. The maximum Gasteiger partial charge on any atom is 0.338 e. The lowest BCUT2D eigenvalue weighted by Gasteiger charge is -2.25. The summed E-state index contributed by atoms with van der Waals surface area (Å²) >= 11 is 1.19. The van der Waals surface area contributed by atoms with Gasteiger partial charge in [0.25, 0.3) is 11.2 Å². The Morgan fingerprint density at radius 1 is 1.19 bits per heavy atom. The predicted molar refractivity (Wildman–Crippen MR) is 159 cm³/mol. The molecule has 1 aliphatic rings. The average Bonchev–Trinajstić information content (AvgIpc) is 3.56. The Bertz CT molecular complexity index is 1900. The molecule has 0 bridgehead atoms. The van der Waals surface area contributed by atoms with Crippen molar-refractivity contribution in [1.29, 1.82) is 0 Å². The number of furan rings is 1. The molecule has 42 heavy (non-hydrogen) atoms. The van der Waals surface area contributed by atoms with E-state index in [2.05, 4.69) is 4.99 Å². The number of methoxy groups -OCH3 is 1. The van der Waals surface area contributed by atoms with E-state index in [1.807, 2.05) is 43.3 Å². The fourth-order valence-electron chi connectivity index (χ4n) is 4.76. The highest BCUT2D eigenvalue weighted by Gasteiger charge is 2.33. The minimum atomic E-state index is -0.727. The van der Waals surface area contributed by atoms with E-state index in [0.29, 0.717) is 37.7 Å². The molecule has 3 heterocycles. The zero-order chi connectivity index (χ0) is 30.1. The summed E-state index contributed by atoms with van der Waals surface area (Å²) in [7, 11) is 5.29. The van der Waals surface area contributed by atoms with Gasteiger partial charge < -0.3 is 18.8 Å². The van der Waals surface area contributed by atoms with Crippen molar-refractivity contribution in [1.82, 2.24) is 4.57 Å². The number of rotatable bonds is 8. The van der Waals surface area contributed by atoms with Crippen molar-refractivity contribution < 1.29 is 23.6 Å². The second-order valence-electron chi connectivity index (χ2n) is 9.63. The van der Waals surface area contributed by atoms with Gasteiger partial charge >= 0.3 is 5.97 Å². The highest BCUT2D eigenvalue weighted by Crippen LogP contribution is 2.35. The first-order valence-corrected chi connectivity index (χ1v) is 13.8. The first-order valence-electron chi connectivity index (χ1n) is 13.0. The van der Waals surface area contributed by atoms with Crippen molar-refractivity contribution in [3.8, 4) is 17.1 Å². The van der Waals surface area contributed by atoms with Gasteiger partial charge in [0.2, 0.25) is 0 Å². The Hall–Kier alpha value is -4.97. The van der Waals surface area contributed by atoms with Crippen molar-refractivity contribution >= 4 is 34.8 Å². The Kier molecular flexibility index (Phi) is 7.81. The molecule has 1 aliphatic heterocycles. The van der Waals surface area contributed by atoms with Gasteiger partial charge in [0.05, 0.1) is 52.1 Å². The van der Waals surface area contributed by atoms with Gasteiger partial charge in [-0.05, 0) is 49.7 Å². The summed E-state index contributed by atoms with van der Waals surface area (Å²) in [6.45, 7) is 3.65. The van der Waals surface area contributed by atoms with E-state index in [4.69, 9.17) is 13.9 Å². The number of allylic oxidation sites excluding steroid dienone is 1. The van der Waals surface area contributed by atoms with Crippen LogP contribution in [0.1, 0.15) is 31.2 Å². The van der Waals surface area contributed by atoms with Crippen LogP contribution in [0.2, 0.25) is 0 Å². The van der Waals surface area contributed by atoms with Crippen LogP contribution in [-0.2, 0) is 9.53 Å². The van der Waals surface area contributed by atoms with E-state index >= 15 is 0 Å². The molecule has 0 fully saturated rings. The molecule has 0 radical (unpaired) electrons. The maximum atomic E-state index is 13.9. The van der Waals surface area contributed by atoms with E-state index in [1.165, 1.54) is 35.1 Å². The molecule has 216 valence electrons. The number of carbonyl (C=O) groups is 1. The van der Waals surface area contributed by atoms with E-state index in [-0.39, 0.29) is 23.6 Å². The number of anilines is 1. The molecule has 1 atom stereocenters. The quantitative estimate of drug-likeness (QED) is 0.171. The molecule has 11 nitrogen and oxygen atoms in total. The van der Waals surface area contributed by atoms with Crippen molar-refractivity contribution in [2.45, 2.75) is 19.9 Å². The molecule has 0 N–H and O–H groups in total. The monoisotopic (exact) mass is 588 g/mol. The van der Waals surface area contributed by atoms with Gasteiger partial charge in [-0.3, -0.25) is 19.5 Å². The summed E-state index contributed by atoms with van der Waals surface area (Å²) < 4.78 is 18.6. The smallest absolute Gasteiger partial charge is 0.338 e. The fourth-order valence-corrected chi connectivity index (χ4v) is 5.79. The van der Waals surface area contributed by atoms with Gasteiger partial charge in [-0.1, -0.05) is 23.5 Å². The molecule has 0 saturated carbocycles. The van der Waals surface area contributed by atoms with Crippen LogP contribution in [-0.4, -0.2) is 43.3 Å². The summed E-state index contributed by atoms with van der Waals surface area (Å²) in [4.78, 5) is 44.6. The summed E-state index contributed by atoms with van der Waals surface area (Å²) in [5.41, 5.74) is 2.60. The third kappa shape index (κ3) is 5.23. The van der Waals surface area contributed by atoms with E-state index in [1.54, 1.807) is 38.1 Å². The number of fused-ring (bicyclic) bond motifs is 1. The van der Waals surface area contributed by atoms with Gasteiger partial charge in [0.15, 0.2) is 4.80 Å². The second-order valence-corrected chi connectivity index (χ2v) is 10.6. The number of ether oxygens (including phenoxy) is 2. The highest BCUT2D eigenvalue weighted by molar-refractivity contribution is 7.07. The molecule has 5 rings (SSSR count). The molecular weight excluding hydrogens is 560 g/mol. The lowest BCUT2D eigenvalue weighted by molar-refractivity contribution is -0.384. The van der Waals surface area contributed by atoms with Crippen LogP contribution in [0.3, 0.4) is 0 Å². The van der Waals surface area contributed by atoms with E-state index < -0.39 is 16.9 Å². The maximum absolute atomic E-state index is 13.9. The number of esters is 1. The number of nitrogens with zero attached hydrogens (tertiary/aromatic N) is 4. The largest absolute Gasteiger partial charge is 0.496 e. The van der Waals surface area contributed by atoms with Crippen molar-refractivity contribution in [3.05, 3.63) is 107 Å². The van der Waals surface area contributed by atoms with Crippen LogP contribution in [0.15, 0.2) is 80.1 Å². The van der Waals surface area contributed by atoms with Crippen molar-refractivity contribution in [3.63, 3.8) is 0 Å². The molecule has 0 spiro atoms. The van der Waals surface area contributed by atoms with Crippen LogP contribution < -0.4 is 24.5 Å². The third-order valence-electron chi connectivity index (χ3n) is 6.80. The number of nitro groups is 1. The fraction of sp³-hybridized carbons (Fsp3) is 0.233. The number of non-ortho nitro benzene ring substituents is 1. The van der Waals surface area contributed by atoms with E-state index in [0.717, 1.165) is 11.3 Å². The lowest BCUT2D eigenvalue weighted by atomic mass is 9.95. The molecule has 2 aromatic heterocycles. The standard InChI is InChI=1S/C30H28N4O7S/c1-6-40-29(36)26-17(2)31-30-33(27(26)18-7-9-19(10-8-18)32(3)4)28(35)25(42-30)16-21-12-14-23(41-21)22-13-11-20(34(37)38)15-24(22)39-5/h7-16,27H,6H2,1-5H3/b25-16-/t27-/m0/s1. The minimum Gasteiger partial charge on any atom is -0.496 e. The average molecular weight is 589 g/mol. The van der Waals surface area contributed by atoms with Gasteiger partial charge in [-0.25, -0.2) is 9.79 Å². The molecule has 12 heteroatoms. The molecule has 0 aliphatic carbocycles. The molecule has 4 aromatic rings. The number of thiazole rings is 1. The van der Waals surface area contributed by atoms with Crippen LogP contribution >= 0.6 is 11.3 Å². The molecule has 2 aromatic carbocycles. The van der Waals surface area contributed by atoms with Crippen LogP contribution in [0.4, 0.5) is 11.4 Å². The Morgan fingerprint density at radius 2 is 1.93 bits per heavy atom. The normalized spacial score (nSPS) is 14.8. The van der Waals surface area contributed by atoms with Gasteiger partial charge in [0.1, 0.15) is 17.3 Å². The number of aromatic nitrogens is 1. The van der Waals surface area contributed by atoms with Crippen molar-refractivity contribution in [2.24, 2.45) is 4.99 Å². The van der Waals surface area contributed by atoms with Gasteiger partial charge in [0, 0.05) is 31.9 Å². The van der Waals surface area contributed by atoms with E-state index in [9.17, 15) is 19.7 Å². The third-order valence-corrected chi connectivity index (χ3v) is 7.79. The van der Waals surface area contributed by atoms with Crippen LogP contribution in [0.25, 0.3) is 17.4 Å². The zero-order valence-electron chi connectivity index (χ0n) is 23.6. The first kappa shape index (κ1) is 28.6. The summed E-state index contributed by atoms with van der Waals surface area (Å²) in [5, 5.41) is 11.2. The molecule has 0 unspecified atom stereocenters. The Labute approximate surface area is 244 Å². The Morgan fingerprint density at radius 3 is 2.57 bits per heavy atom. The summed E-state index contributed by atoms with van der Waals surface area (Å²) in [6.07, 6.45) is 1.61. The molecular formula is C30H28N4O7S. The predicted octanol–water partition coefficient (Wildman–Crippen LogP) is 4.04.